The Morgan fingerprint density at radius 2 is 0.529 bits per heavy atom. The molecular weight excluding hydrogens is 1010 g/mol. The third-order valence-corrected chi connectivity index (χ3v) is 10.7. The molecule has 0 aromatic heterocycles. The maximum Gasteiger partial charge on any atom is 0.416 e. The van der Waals surface area contributed by atoms with E-state index in [0.29, 0.717) is 10.9 Å². The van der Waals surface area contributed by atoms with Gasteiger partial charge in [-0.15, -0.1) is 0 Å². The van der Waals surface area contributed by atoms with Crippen LogP contribution in [0.1, 0.15) is 50.1 Å². The third kappa shape index (κ3) is 13.1. The maximum absolute atomic E-state index is 14.2. The van der Waals surface area contributed by atoms with Crippen LogP contribution in [0.3, 0.4) is 0 Å². The SMILES string of the molecule is C[S+](C)Cc1cccc(F)c1.FC(F)(F)c1cc([B-](c2cc(C(F)(F)F)cc(C(F)(F)F)c2)(c2cc(C(F)(F)F)cc(C(F)(F)F)c2)c2cc(C(F)(F)F)cc(C(F)(F)F)c2)cc(C(F)(F)F)c1. The van der Waals surface area contributed by atoms with Crippen molar-refractivity contribution in [1.29, 1.82) is 0 Å². The molecular formula is C41H24BF25S. The van der Waals surface area contributed by atoms with Crippen LogP contribution in [0, 0.1) is 5.82 Å². The van der Waals surface area contributed by atoms with Crippen LogP contribution in [-0.2, 0) is 66.1 Å². The van der Waals surface area contributed by atoms with E-state index >= 15 is 0 Å². The van der Waals surface area contributed by atoms with Gasteiger partial charge in [-0.25, -0.2) is 4.39 Å². The van der Waals surface area contributed by atoms with Gasteiger partial charge in [-0.05, 0) is 47.3 Å². The molecule has 5 aromatic rings. The Balaban J connectivity index is 0.000000802. The van der Waals surface area contributed by atoms with Crippen molar-refractivity contribution >= 4 is 38.9 Å². The van der Waals surface area contributed by atoms with Gasteiger partial charge >= 0.3 is 49.4 Å². The summed E-state index contributed by atoms with van der Waals surface area (Å²) in [5.41, 5.74) is -29.1. The molecule has 0 amide bonds. The number of halogens is 25. The molecule has 0 N–H and O–H groups in total. The molecule has 0 unspecified atom stereocenters. The summed E-state index contributed by atoms with van der Waals surface area (Å²) in [4.78, 5) is 0. The first-order chi connectivity index (χ1) is 30.4. The maximum atomic E-state index is 14.2. The zero-order chi connectivity index (χ0) is 52.2. The van der Waals surface area contributed by atoms with Gasteiger partial charge in [-0.3, -0.25) is 0 Å². The minimum atomic E-state index is -6.13. The normalized spacial score (nSPS) is 13.7. The van der Waals surface area contributed by atoms with Crippen molar-refractivity contribution in [2.45, 2.75) is 55.2 Å². The van der Waals surface area contributed by atoms with Crippen molar-refractivity contribution in [3.63, 3.8) is 0 Å². The molecule has 0 aliphatic carbocycles. The summed E-state index contributed by atoms with van der Waals surface area (Å²) >= 11 is 0. The molecule has 0 aliphatic heterocycles. The van der Waals surface area contributed by atoms with E-state index in [4.69, 9.17) is 0 Å². The highest BCUT2D eigenvalue weighted by atomic mass is 32.2. The van der Waals surface area contributed by atoms with Gasteiger partial charge < -0.3 is 0 Å². The molecule has 27 heteroatoms. The average molecular weight is 1030 g/mol. The van der Waals surface area contributed by atoms with Crippen LogP contribution >= 0.6 is 0 Å². The first-order valence-corrected chi connectivity index (χ1v) is 20.3. The van der Waals surface area contributed by atoms with Gasteiger partial charge in [0.25, 0.3) is 0 Å². The van der Waals surface area contributed by atoms with Crippen molar-refractivity contribution in [3.05, 3.63) is 153 Å². The quantitative estimate of drug-likeness (QED) is 0.0903. The van der Waals surface area contributed by atoms with E-state index in [1.165, 1.54) is 6.07 Å². The number of rotatable bonds is 6. The van der Waals surface area contributed by atoms with Crippen LogP contribution in [0.4, 0.5) is 110 Å². The van der Waals surface area contributed by atoms with Crippen molar-refractivity contribution in [1.82, 2.24) is 0 Å². The molecule has 68 heavy (non-hydrogen) atoms. The average Bonchev–Trinajstić information content (AvgIpc) is 3.15. The lowest BCUT2D eigenvalue weighted by atomic mass is 9.12. The number of benzene rings is 5. The lowest BCUT2D eigenvalue weighted by Crippen LogP contribution is -2.75. The minimum absolute atomic E-state index is 0.132. The third-order valence-electron chi connectivity index (χ3n) is 9.78. The predicted molar refractivity (Wildman–Crippen MR) is 199 cm³/mol. The fourth-order valence-electron chi connectivity index (χ4n) is 7.03. The van der Waals surface area contributed by atoms with Gasteiger partial charge in [0.2, 0.25) is 0 Å². The summed E-state index contributed by atoms with van der Waals surface area (Å²) in [6.07, 6.45) is -50.5. The summed E-state index contributed by atoms with van der Waals surface area (Å²) in [5.74, 6) is 0.852. The smallest absolute Gasteiger partial charge is 0.207 e. The number of hydrogen-bond acceptors (Lipinski definition) is 0. The van der Waals surface area contributed by atoms with Crippen LogP contribution < -0.4 is 21.9 Å². The molecule has 5 rings (SSSR count). The van der Waals surface area contributed by atoms with Crippen LogP contribution in [0.5, 0.6) is 0 Å². The second-order valence-electron chi connectivity index (χ2n) is 15.0. The molecule has 0 nitrogen and oxygen atoms in total. The molecule has 372 valence electrons. The van der Waals surface area contributed by atoms with E-state index in [9.17, 15) is 110 Å². The Bertz CT molecular complexity index is 2150. The van der Waals surface area contributed by atoms with Gasteiger partial charge in [0.15, 0.2) is 0 Å². The zero-order valence-electron chi connectivity index (χ0n) is 33.4. The standard InChI is InChI=1S/C32H12BF24.C9H12FS/c34-25(35,36)13-1-14(26(37,38)39)6-21(5-13)33(22-7-15(27(40,41)42)2-16(8-22)28(43,44)45,23-9-17(29(46,47)48)3-18(10-23)30(49,50)51)24-11-19(31(52,53)54)4-20(12-24)32(55,56)57;1-11(2)7-8-4-3-5-9(10)6-8/h1-12H;3-6H,7H2,1-2H3/q-1;+1. The van der Waals surface area contributed by atoms with Gasteiger partial charge in [-0.1, -0.05) is 60.7 Å². The summed E-state index contributed by atoms with van der Waals surface area (Å²) in [5, 5.41) is 0. The fourth-order valence-corrected chi connectivity index (χ4v) is 7.88. The summed E-state index contributed by atoms with van der Waals surface area (Å²) < 4.78 is 353. The van der Waals surface area contributed by atoms with Crippen molar-refractivity contribution in [2.75, 3.05) is 12.5 Å². The first-order valence-electron chi connectivity index (χ1n) is 18.1. The summed E-state index contributed by atoms with van der Waals surface area (Å²) in [6.45, 7) is 0. The van der Waals surface area contributed by atoms with E-state index in [1.54, 1.807) is 12.1 Å². The Morgan fingerprint density at radius 1 is 0.324 bits per heavy atom. The van der Waals surface area contributed by atoms with Crippen LogP contribution in [-0.4, -0.2) is 18.7 Å². The number of hydrogen-bond donors (Lipinski definition) is 0. The van der Waals surface area contributed by atoms with Crippen molar-refractivity contribution in [2.24, 2.45) is 0 Å². The minimum Gasteiger partial charge on any atom is -0.207 e. The molecule has 0 aliphatic rings. The Hall–Kier alpha value is -5.24. The van der Waals surface area contributed by atoms with Gasteiger partial charge in [0.1, 0.15) is 17.7 Å². The van der Waals surface area contributed by atoms with Crippen molar-refractivity contribution in [3.8, 4) is 0 Å². The molecule has 0 saturated heterocycles. The number of alkyl halides is 24. The van der Waals surface area contributed by atoms with Crippen molar-refractivity contribution < 1.29 is 110 Å². The molecule has 0 heterocycles. The topological polar surface area (TPSA) is 0 Å². The highest BCUT2D eigenvalue weighted by molar-refractivity contribution is 7.94. The van der Waals surface area contributed by atoms with Gasteiger partial charge in [0, 0.05) is 5.56 Å². The molecule has 0 fully saturated rings. The second-order valence-corrected chi connectivity index (χ2v) is 17.2. The van der Waals surface area contributed by atoms with E-state index in [0.717, 1.165) is 11.3 Å². The zero-order valence-corrected chi connectivity index (χ0v) is 34.2. The van der Waals surface area contributed by atoms with Crippen LogP contribution in [0.15, 0.2) is 97.1 Å². The monoisotopic (exact) mass is 1030 g/mol. The van der Waals surface area contributed by atoms with Gasteiger partial charge in [-0.2, -0.15) is 127 Å². The Labute approximate surface area is 369 Å². The van der Waals surface area contributed by atoms with Crippen LogP contribution in [0.2, 0.25) is 0 Å². The van der Waals surface area contributed by atoms with Crippen LogP contribution in [0.25, 0.3) is 0 Å². The molecule has 0 atom stereocenters. The molecule has 5 aromatic carbocycles. The Morgan fingerprint density at radius 3 is 0.691 bits per heavy atom. The fraction of sp³-hybridized carbons (Fsp3) is 0.268. The van der Waals surface area contributed by atoms with E-state index in [1.807, 2.05) is 6.07 Å². The second kappa shape index (κ2) is 18.6. The highest BCUT2D eigenvalue weighted by Gasteiger charge is 2.47. The summed E-state index contributed by atoms with van der Waals surface area (Å²) in [7, 11) is 0.359. The van der Waals surface area contributed by atoms with E-state index in [2.05, 4.69) is 12.5 Å². The predicted octanol–water partition coefficient (Wildman–Crippen LogP) is 13.4. The molecule has 0 radical (unpaired) electrons. The van der Waals surface area contributed by atoms with E-state index < -0.39 is 195 Å². The molecule has 0 spiro atoms. The first kappa shape index (κ1) is 55.4. The lowest BCUT2D eigenvalue weighted by molar-refractivity contribution is -0.144. The highest BCUT2D eigenvalue weighted by Crippen LogP contribution is 2.41. The van der Waals surface area contributed by atoms with Gasteiger partial charge in [0.05, 0.1) is 57.0 Å². The lowest BCUT2D eigenvalue weighted by Gasteiger charge is -2.46. The summed E-state index contributed by atoms with van der Waals surface area (Å²) in [6, 6.07) is -2.00. The van der Waals surface area contributed by atoms with E-state index in [-0.39, 0.29) is 5.82 Å². The molecule has 0 saturated carbocycles. The Kier molecular flexibility index (Phi) is 15.1. The largest absolute Gasteiger partial charge is 0.416 e. The molecule has 0 bridgehead atoms.